The van der Waals surface area contributed by atoms with E-state index < -0.39 is 10.0 Å². The van der Waals surface area contributed by atoms with Gasteiger partial charge in [0.1, 0.15) is 5.82 Å². The van der Waals surface area contributed by atoms with Crippen LogP contribution in [-0.2, 0) is 16.6 Å². The van der Waals surface area contributed by atoms with E-state index in [9.17, 15) is 17.6 Å². The van der Waals surface area contributed by atoms with Gasteiger partial charge in [0, 0.05) is 18.8 Å². The van der Waals surface area contributed by atoms with Crippen LogP contribution >= 0.6 is 0 Å². The molecule has 0 aromatic heterocycles. The molecule has 2 aromatic rings. The summed E-state index contributed by atoms with van der Waals surface area (Å²) in [5, 5.41) is 7.69. The number of sulfonamides is 1. The van der Waals surface area contributed by atoms with Crippen molar-refractivity contribution >= 4 is 21.7 Å². The number of benzene rings is 2. The highest BCUT2D eigenvalue weighted by atomic mass is 32.2. The van der Waals surface area contributed by atoms with E-state index in [1.54, 1.807) is 12.1 Å². The lowest BCUT2D eigenvalue weighted by Crippen LogP contribution is -2.34. The van der Waals surface area contributed by atoms with E-state index in [2.05, 4.69) is 5.32 Å². The summed E-state index contributed by atoms with van der Waals surface area (Å²) >= 11 is 0. The van der Waals surface area contributed by atoms with Crippen LogP contribution in [0.15, 0.2) is 53.4 Å². The molecule has 6 nitrogen and oxygen atoms in total. The summed E-state index contributed by atoms with van der Waals surface area (Å²) in [6, 6.07) is 11.2. The molecule has 0 aliphatic carbocycles. The standard InChI is InChI=1S/C16H18FN3O3S/c1-2-20(11-12-4-3-5-13(17)10-12)16(21)19-14-6-8-15(9-7-14)24(18,22)23/h3-10H,2,11H2,1H3,(H,19,21)(H2,18,22,23). The fourth-order valence-electron chi connectivity index (χ4n) is 2.11. The minimum atomic E-state index is -3.77. The second-order valence-electron chi connectivity index (χ2n) is 5.14. The first-order valence-corrected chi connectivity index (χ1v) is 8.77. The second kappa shape index (κ2) is 7.41. The van der Waals surface area contributed by atoms with Gasteiger partial charge in [-0.25, -0.2) is 22.7 Å². The monoisotopic (exact) mass is 351 g/mol. The second-order valence-corrected chi connectivity index (χ2v) is 6.71. The van der Waals surface area contributed by atoms with Gasteiger partial charge in [-0.3, -0.25) is 0 Å². The highest BCUT2D eigenvalue weighted by Crippen LogP contribution is 2.14. The third kappa shape index (κ3) is 4.77. The van der Waals surface area contributed by atoms with Gasteiger partial charge < -0.3 is 10.2 Å². The molecule has 0 atom stereocenters. The van der Waals surface area contributed by atoms with Crippen molar-refractivity contribution in [3.05, 3.63) is 59.9 Å². The molecular formula is C16H18FN3O3S. The van der Waals surface area contributed by atoms with Crippen LogP contribution < -0.4 is 10.5 Å². The molecule has 0 aliphatic rings. The van der Waals surface area contributed by atoms with Crippen LogP contribution in [0.2, 0.25) is 0 Å². The van der Waals surface area contributed by atoms with E-state index >= 15 is 0 Å². The van der Waals surface area contributed by atoms with Crippen molar-refractivity contribution in [1.29, 1.82) is 0 Å². The van der Waals surface area contributed by atoms with Crippen LogP contribution in [-0.4, -0.2) is 25.9 Å². The summed E-state index contributed by atoms with van der Waals surface area (Å²) in [6.45, 7) is 2.50. The minimum Gasteiger partial charge on any atom is -0.320 e. The highest BCUT2D eigenvalue weighted by Gasteiger charge is 2.13. The van der Waals surface area contributed by atoms with E-state index in [4.69, 9.17) is 5.14 Å². The molecule has 0 radical (unpaired) electrons. The molecule has 0 unspecified atom stereocenters. The van der Waals surface area contributed by atoms with Crippen LogP contribution in [0, 0.1) is 5.82 Å². The molecule has 0 saturated carbocycles. The average Bonchev–Trinajstić information content (AvgIpc) is 2.52. The van der Waals surface area contributed by atoms with Crippen molar-refractivity contribution in [3.8, 4) is 0 Å². The largest absolute Gasteiger partial charge is 0.322 e. The third-order valence-corrected chi connectivity index (χ3v) is 4.29. The number of amides is 2. The van der Waals surface area contributed by atoms with Crippen LogP contribution in [0.1, 0.15) is 12.5 Å². The summed E-state index contributed by atoms with van der Waals surface area (Å²) in [5.41, 5.74) is 1.11. The molecule has 0 fully saturated rings. The number of halogens is 1. The Balaban J connectivity index is 2.06. The van der Waals surface area contributed by atoms with Crippen molar-refractivity contribution in [3.63, 3.8) is 0 Å². The Hall–Kier alpha value is -2.45. The van der Waals surface area contributed by atoms with Crippen LogP contribution in [0.5, 0.6) is 0 Å². The van der Waals surface area contributed by atoms with E-state index in [-0.39, 0.29) is 23.3 Å². The number of hydrogen-bond acceptors (Lipinski definition) is 3. The minimum absolute atomic E-state index is 0.0346. The van der Waals surface area contributed by atoms with Gasteiger partial charge >= 0.3 is 6.03 Å². The number of hydrogen-bond donors (Lipinski definition) is 2. The van der Waals surface area contributed by atoms with Gasteiger partial charge in [-0.15, -0.1) is 0 Å². The summed E-state index contributed by atoms with van der Waals surface area (Å²) in [5.74, 6) is -0.359. The normalized spacial score (nSPS) is 11.1. The predicted molar refractivity (Wildman–Crippen MR) is 89.3 cm³/mol. The number of nitrogens with one attached hydrogen (secondary N) is 1. The SMILES string of the molecule is CCN(Cc1cccc(F)c1)C(=O)Nc1ccc(S(N)(=O)=O)cc1. The first-order chi connectivity index (χ1) is 11.3. The number of carbonyl (C=O) groups excluding carboxylic acids is 1. The van der Waals surface area contributed by atoms with Gasteiger partial charge in [0.05, 0.1) is 4.90 Å². The summed E-state index contributed by atoms with van der Waals surface area (Å²) < 4.78 is 35.6. The molecule has 128 valence electrons. The van der Waals surface area contributed by atoms with Crippen molar-refractivity contribution in [2.45, 2.75) is 18.4 Å². The molecule has 24 heavy (non-hydrogen) atoms. The first kappa shape index (κ1) is 17.9. The van der Waals surface area contributed by atoms with Crippen LogP contribution in [0.4, 0.5) is 14.9 Å². The van der Waals surface area contributed by atoms with Crippen molar-refractivity contribution in [1.82, 2.24) is 4.90 Å². The molecule has 2 aromatic carbocycles. The van der Waals surface area contributed by atoms with Crippen molar-refractivity contribution < 1.29 is 17.6 Å². The number of urea groups is 1. The molecule has 2 amide bonds. The van der Waals surface area contributed by atoms with E-state index in [1.165, 1.54) is 41.3 Å². The summed E-state index contributed by atoms with van der Waals surface area (Å²) in [6.07, 6.45) is 0. The molecule has 0 aliphatic heterocycles. The van der Waals surface area contributed by atoms with Gasteiger partial charge in [-0.1, -0.05) is 12.1 Å². The maximum atomic E-state index is 13.2. The Kier molecular flexibility index (Phi) is 5.53. The van der Waals surface area contributed by atoms with Gasteiger partial charge in [-0.2, -0.15) is 0 Å². The predicted octanol–water partition coefficient (Wildman–Crippen LogP) is 2.53. The van der Waals surface area contributed by atoms with Crippen molar-refractivity contribution in [2.75, 3.05) is 11.9 Å². The fourth-order valence-corrected chi connectivity index (χ4v) is 2.63. The maximum Gasteiger partial charge on any atom is 0.322 e. The molecule has 2 rings (SSSR count). The maximum absolute atomic E-state index is 13.2. The van der Waals surface area contributed by atoms with E-state index in [0.29, 0.717) is 17.8 Å². The molecule has 0 saturated heterocycles. The molecule has 0 spiro atoms. The number of nitrogens with zero attached hydrogens (tertiary/aromatic N) is 1. The molecular weight excluding hydrogens is 333 g/mol. The summed E-state index contributed by atoms with van der Waals surface area (Å²) in [7, 11) is -3.77. The summed E-state index contributed by atoms with van der Waals surface area (Å²) in [4.78, 5) is 13.8. The Labute approximate surface area is 140 Å². The smallest absolute Gasteiger partial charge is 0.320 e. The van der Waals surface area contributed by atoms with Gasteiger partial charge in [0.15, 0.2) is 0 Å². The van der Waals surface area contributed by atoms with Gasteiger partial charge in [0.2, 0.25) is 10.0 Å². The Morgan fingerprint density at radius 3 is 2.42 bits per heavy atom. The van der Waals surface area contributed by atoms with Gasteiger partial charge in [-0.05, 0) is 48.9 Å². The van der Waals surface area contributed by atoms with Crippen LogP contribution in [0.25, 0.3) is 0 Å². The number of carbonyl (C=O) groups is 1. The lowest BCUT2D eigenvalue weighted by molar-refractivity contribution is 0.212. The average molecular weight is 351 g/mol. The Morgan fingerprint density at radius 1 is 1.21 bits per heavy atom. The highest BCUT2D eigenvalue weighted by molar-refractivity contribution is 7.89. The third-order valence-electron chi connectivity index (χ3n) is 3.37. The zero-order chi connectivity index (χ0) is 17.7. The Morgan fingerprint density at radius 2 is 1.88 bits per heavy atom. The quantitative estimate of drug-likeness (QED) is 0.867. The first-order valence-electron chi connectivity index (χ1n) is 7.23. The molecule has 3 N–H and O–H groups in total. The number of anilines is 1. The Bertz CT molecular complexity index is 823. The lowest BCUT2D eigenvalue weighted by Gasteiger charge is -2.21. The molecule has 8 heteroatoms. The van der Waals surface area contributed by atoms with Gasteiger partial charge in [0.25, 0.3) is 0 Å². The molecule has 0 bridgehead atoms. The zero-order valence-corrected chi connectivity index (χ0v) is 13.9. The topological polar surface area (TPSA) is 92.5 Å². The molecule has 0 heterocycles. The zero-order valence-electron chi connectivity index (χ0n) is 13.1. The van der Waals surface area contributed by atoms with Crippen LogP contribution in [0.3, 0.4) is 0 Å². The number of nitrogens with two attached hydrogens (primary N) is 1. The lowest BCUT2D eigenvalue weighted by atomic mass is 10.2. The van der Waals surface area contributed by atoms with E-state index in [0.717, 1.165) is 0 Å². The van der Waals surface area contributed by atoms with E-state index in [1.807, 2.05) is 6.92 Å². The number of rotatable bonds is 5. The fraction of sp³-hybridized carbons (Fsp3) is 0.188. The number of primary sulfonamides is 1. The van der Waals surface area contributed by atoms with Crippen molar-refractivity contribution in [2.24, 2.45) is 5.14 Å².